The second kappa shape index (κ2) is 138. The van der Waals surface area contributed by atoms with Gasteiger partial charge in [-0.15, -0.1) is 0 Å². The summed E-state index contributed by atoms with van der Waals surface area (Å²) in [7, 11) is 0. The molecule has 0 atom stereocenters. The minimum Gasteiger partial charge on any atom is -0.220 e. The second-order valence-corrected chi connectivity index (χ2v) is 0.136. The number of nitrogens with zero attached hydrogens (tertiary/aromatic N) is 1. The first kappa shape index (κ1) is 8.84. The van der Waals surface area contributed by atoms with Crippen LogP contribution in [0.2, 0.25) is 0 Å². The molecule has 0 heterocycles. The highest BCUT2D eigenvalue weighted by atomic mass is 16.7. The minimum atomic E-state index is 3.25. The molecule has 0 radical (unpaired) electrons. The second-order valence-electron chi connectivity index (χ2n) is 0.136. The summed E-state index contributed by atoms with van der Waals surface area (Å²) in [6.45, 7) is 3.50. The molecule has 0 spiro atoms. The topological polar surface area (TPSA) is 85.1 Å². The molecule has 30 valence electrons. The predicted molar refractivity (Wildman–Crippen MR) is 16.1 cm³/mol. The Morgan fingerprint density at radius 1 is 1.40 bits per heavy atom. The summed E-state index contributed by atoms with van der Waals surface area (Å²) in [6, 6.07) is 0. The molecule has 0 aliphatic rings. The van der Waals surface area contributed by atoms with E-state index in [0.29, 0.717) is 0 Å². The lowest BCUT2D eigenvalue weighted by Crippen LogP contribution is -2.03. The van der Waals surface area contributed by atoms with E-state index in [1.165, 1.54) is 0 Å². The molecule has 0 unspecified atom stereocenters. The molecule has 4 nitrogen and oxygen atoms in total. The lowest BCUT2D eigenvalue weighted by atomic mass is 11.9. The molecular formula is CH5N3O. The van der Waals surface area contributed by atoms with E-state index in [1.54, 1.807) is 0 Å². The molecular weight excluding hydrogens is 70.0 g/mol. The number of rotatable bonds is 0. The van der Waals surface area contributed by atoms with Gasteiger partial charge in [0.15, 0.2) is 0 Å². The summed E-state index contributed by atoms with van der Waals surface area (Å²) in [6.07, 6.45) is 0. The maximum atomic E-state index is 6.50. The maximum Gasteiger partial charge on any atom is 0.0462 e. The molecule has 0 fully saturated rings. The molecule has 0 bridgehead atoms. The van der Waals surface area contributed by atoms with Crippen LogP contribution >= 0.6 is 0 Å². The van der Waals surface area contributed by atoms with Crippen molar-refractivity contribution in [3.05, 3.63) is 0 Å². The van der Waals surface area contributed by atoms with Gasteiger partial charge in [-0.1, -0.05) is 0 Å². The van der Waals surface area contributed by atoms with Crippen molar-refractivity contribution >= 4 is 0 Å². The number of hydrogen-bond acceptors (Lipinski definition) is 4. The van der Waals surface area contributed by atoms with Crippen LogP contribution in [0.4, 0.5) is 0 Å². The van der Waals surface area contributed by atoms with Crippen molar-refractivity contribution in [2.24, 2.45) is 11.8 Å². The summed E-state index contributed by atoms with van der Waals surface area (Å²) in [5.74, 6) is 8.25. The zero-order chi connectivity index (χ0) is 4.71. The molecule has 0 aliphatic carbocycles. The molecule has 5 heavy (non-hydrogen) atoms. The van der Waals surface area contributed by atoms with Gasteiger partial charge in [-0.25, -0.2) is 10.2 Å². The first-order chi connectivity index (χ1) is 2.41. The number of nitrogens with two attached hydrogens (primary N) is 2. The largest absolute Gasteiger partial charge is 0.220 e. The number of hydrogen-bond donors (Lipinski definition) is 2. The Morgan fingerprint density at radius 3 is 1.40 bits per heavy atom. The Morgan fingerprint density at radius 2 is 1.40 bits per heavy atom. The van der Waals surface area contributed by atoms with Crippen LogP contribution in [0.25, 0.3) is 0 Å². The third-order valence-electron chi connectivity index (χ3n) is 0. The van der Waals surface area contributed by atoms with E-state index in [-0.39, 0.29) is 0 Å². The summed E-state index contributed by atoms with van der Waals surface area (Å²) in [4.78, 5) is 3.25. The van der Waals surface area contributed by atoms with Crippen LogP contribution in [0.3, 0.4) is 0 Å². The molecule has 0 aromatic carbocycles. The highest BCUT2D eigenvalue weighted by Gasteiger charge is 1.21. The van der Waals surface area contributed by atoms with Gasteiger partial charge in [0.1, 0.15) is 0 Å². The SMILES string of the molecule is C#N.NON. The summed E-state index contributed by atoms with van der Waals surface area (Å²) >= 11 is 0. The first-order valence-electron chi connectivity index (χ1n) is 0.730. The van der Waals surface area contributed by atoms with E-state index in [9.17, 15) is 0 Å². The van der Waals surface area contributed by atoms with Crippen LogP contribution in [0, 0.1) is 11.8 Å². The number of nitriles is 1. The van der Waals surface area contributed by atoms with Gasteiger partial charge in [0.25, 0.3) is 0 Å². The van der Waals surface area contributed by atoms with Gasteiger partial charge in [0.2, 0.25) is 0 Å². The van der Waals surface area contributed by atoms with E-state index in [1.807, 2.05) is 0 Å². The van der Waals surface area contributed by atoms with Crippen molar-refractivity contribution in [2.45, 2.75) is 0 Å². The van der Waals surface area contributed by atoms with Crippen molar-refractivity contribution < 1.29 is 4.94 Å². The highest BCUT2D eigenvalue weighted by molar-refractivity contribution is 4.03. The Hall–Kier alpha value is -0.630. The fourth-order valence-corrected chi connectivity index (χ4v) is 0. The molecule has 0 aromatic heterocycles. The molecule has 0 rings (SSSR count). The summed E-state index contributed by atoms with van der Waals surface area (Å²) in [5, 5.41) is 6.50. The van der Waals surface area contributed by atoms with E-state index in [0.717, 1.165) is 0 Å². The first-order valence-corrected chi connectivity index (χ1v) is 0.730. The fraction of sp³-hybridized carbons (Fsp3) is 0. The highest BCUT2D eigenvalue weighted by Crippen LogP contribution is 0.949. The standard InChI is InChI=1S/CHN.H4N2O/c1-2;1-3-2/h1H;1-2H2. The lowest BCUT2D eigenvalue weighted by Gasteiger charge is -1.62. The Balaban J connectivity index is 0. The lowest BCUT2D eigenvalue weighted by molar-refractivity contribution is 0.142. The average molecular weight is 75.1 g/mol. The molecule has 4 heteroatoms. The minimum absolute atomic E-state index is 3.25. The van der Waals surface area contributed by atoms with Crippen molar-refractivity contribution in [1.82, 2.24) is 0 Å². The molecule has 4 N–H and O–H groups in total. The summed E-state index contributed by atoms with van der Waals surface area (Å²) < 4.78 is 0. The van der Waals surface area contributed by atoms with Gasteiger partial charge in [0, 0.05) is 6.57 Å². The van der Waals surface area contributed by atoms with Crippen molar-refractivity contribution in [3.63, 3.8) is 0 Å². The zero-order valence-corrected chi connectivity index (χ0v) is 2.59. The molecule has 0 aromatic rings. The Labute approximate surface area is 29.8 Å². The van der Waals surface area contributed by atoms with Crippen LogP contribution in [0.5, 0.6) is 0 Å². The average Bonchev–Trinajstić information content (AvgIpc) is 1.46. The van der Waals surface area contributed by atoms with Crippen LogP contribution in [-0.2, 0) is 4.94 Å². The van der Waals surface area contributed by atoms with Crippen molar-refractivity contribution in [2.75, 3.05) is 0 Å². The Bertz CT molecular complexity index is 18.1. The van der Waals surface area contributed by atoms with E-state index < -0.39 is 0 Å². The maximum absolute atomic E-state index is 6.50. The smallest absolute Gasteiger partial charge is 0.0462 e. The third kappa shape index (κ3) is 15.9. The van der Waals surface area contributed by atoms with Crippen molar-refractivity contribution in [3.8, 4) is 6.57 Å². The van der Waals surface area contributed by atoms with Gasteiger partial charge in [-0.2, -0.15) is 11.8 Å². The molecule has 0 aliphatic heterocycles. The normalized spacial score (nSPS) is 4.00. The van der Waals surface area contributed by atoms with Crippen LogP contribution in [-0.4, -0.2) is 0 Å². The summed E-state index contributed by atoms with van der Waals surface area (Å²) in [5.41, 5.74) is 0. The van der Waals surface area contributed by atoms with E-state index in [4.69, 9.17) is 5.26 Å². The molecule has 0 amide bonds. The van der Waals surface area contributed by atoms with Crippen LogP contribution in [0.1, 0.15) is 0 Å². The molecule has 0 saturated heterocycles. The predicted octanol–water partition coefficient (Wildman–Crippen LogP) is -1.11. The van der Waals surface area contributed by atoms with Crippen molar-refractivity contribution in [1.29, 1.82) is 5.26 Å². The van der Waals surface area contributed by atoms with E-state index in [2.05, 4.69) is 23.3 Å². The van der Waals surface area contributed by atoms with Crippen LogP contribution < -0.4 is 11.8 Å². The van der Waals surface area contributed by atoms with Gasteiger partial charge in [0.05, 0.1) is 0 Å². The third-order valence-corrected chi connectivity index (χ3v) is 0. The van der Waals surface area contributed by atoms with Gasteiger partial charge in [-0.05, 0) is 0 Å². The van der Waals surface area contributed by atoms with Gasteiger partial charge >= 0.3 is 0 Å². The zero-order valence-electron chi connectivity index (χ0n) is 2.59. The monoisotopic (exact) mass is 75.0 g/mol. The quantitative estimate of drug-likeness (QED) is 0.357. The van der Waals surface area contributed by atoms with E-state index >= 15 is 0 Å². The Kier molecular flexibility index (Phi) is 244. The van der Waals surface area contributed by atoms with Gasteiger partial charge < -0.3 is 0 Å². The fourth-order valence-electron chi connectivity index (χ4n) is 0. The molecule has 0 saturated carbocycles. The van der Waals surface area contributed by atoms with Crippen LogP contribution in [0.15, 0.2) is 0 Å². The van der Waals surface area contributed by atoms with Gasteiger partial charge in [-0.3, -0.25) is 0 Å².